The molecule has 0 aromatic carbocycles. The predicted octanol–water partition coefficient (Wildman–Crippen LogP) is 1.33. The van der Waals surface area contributed by atoms with Crippen molar-refractivity contribution >= 4 is 12.0 Å². The molecule has 0 saturated heterocycles. The largest absolute Gasteiger partial charge is 0.481 e. The molecular formula is C13H24N2O4. The number of carboxylic acids is 1. The van der Waals surface area contributed by atoms with Crippen molar-refractivity contribution in [3.63, 3.8) is 0 Å². The highest BCUT2D eigenvalue weighted by Crippen LogP contribution is 2.07. The smallest absolute Gasteiger partial charge is 0.317 e. The molecule has 0 radical (unpaired) electrons. The molecule has 1 unspecified atom stereocenters. The summed E-state index contributed by atoms with van der Waals surface area (Å²) in [7, 11) is 1.56. The minimum Gasteiger partial charge on any atom is -0.481 e. The van der Waals surface area contributed by atoms with Gasteiger partial charge in [0.05, 0.1) is 13.0 Å². The standard InChI is InChI=1S/C13H24N2O4/c1-5-6-15(7-8-19-4)13(18)14-11(10(2)3)9-12(16)17/h5,10-11H,1,6-9H2,2-4H3,(H,14,18)(H,16,17). The van der Waals surface area contributed by atoms with Gasteiger partial charge in [-0.2, -0.15) is 0 Å². The Balaban J connectivity index is 4.55. The monoisotopic (exact) mass is 272 g/mol. The van der Waals surface area contributed by atoms with Gasteiger partial charge < -0.3 is 20.1 Å². The van der Waals surface area contributed by atoms with E-state index in [0.29, 0.717) is 19.7 Å². The third-order valence-electron chi connectivity index (χ3n) is 2.71. The molecule has 0 aromatic heterocycles. The first-order valence-electron chi connectivity index (χ1n) is 6.29. The van der Waals surface area contributed by atoms with Gasteiger partial charge in [0.25, 0.3) is 0 Å². The first kappa shape index (κ1) is 17.4. The first-order chi connectivity index (χ1) is 8.92. The fourth-order valence-electron chi connectivity index (χ4n) is 1.52. The Labute approximate surface area is 114 Å². The van der Waals surface area contributed by atoms with E-state index in [1.807, 2.05) is 13.8 Å². The van der Waals surface area contributed by atoms with Crippen LogP contribution in [0.4, 0.5) is 4.79 Å². The second-order valence-corrected chi connectivity index (χ2v) is 4.63. The molecule has 0 aliphatic rings. The van der Waals surface area contributed by atoms with Crippen LogP contribution >= 0.6 is 0 Å². The number of methoxy groups -OCH3 is 1. The van der Waals surface area contributed by atoms with Gasteiger partial charge >= 0.3 is 12.0 Å². The summed E-state index contributed by atoms with van der Waals surface area (Å²) in [6.45, 7) is 8.60. The van der Waals surface area contributed by atoms with Crippen LogP contribution in [0.3, 0.4) is 0 Å². The maximum Gasteiger partial charge on any atom is 0.317 e. The Bertz CT molecular complexity index is 305. The lowest BCUT2D eigenvalue weighted by molar-refractivity contribution is -0.137. The van der Waals surface area contributed by atoms with Crippen molar-refractivity contribution in [3.05, 3.63) is 12.7 Å². The van der Waals surface area contributed by atoms with E-state index in [9.17, 15) is 9.59 Å². The summed E-state index contributed by atoms with van der Waals surface area (Å²) in [5, 5.41) is 11.6. The number of ether oxygens (including phenoxy) is 1. The van der Waals surface area contributed by atoms with Gasteiger partial charge in [-0.25, -0.2) is 4.79 Å². The number of amides is 2. The normalized spacial score (nSPS) is 12.0. The van der Waals surface area contributed by atoms with Gasteiger partial charge in [0.1, 0.15) is 0 Å². The van der Waals surface area contributed by atoms with Crippen LogP contribution in [-0.2, 0) is 9.53 Å². The van der Waals surface area contributed by atoms with Gasteiger partial charge in [0.15, 0.2) is 0 Å². The maximum absolute atomic E-state index is 12.1. The van der Waals surface area contributed by atoms with Crippen LogP contribution in [0.15, 0.2) is 12.7 Å². The van der Waals surface area contributed by atoms with Crippen molar-refractivity contribution in [2.45, 2.75) is 26.3 Å². The van der Waals surface area contributed by atoms with Gasteiger partial charge in [-0.3, -0.25) is 4.79 Å². The highest BCUT2D eigenvalue weighted by atomic mass is 16.5. The number of carbonyl (C=O) groups excluding carboxylic acids is 1. The van der Waals surface area contributed by atoms with Crippen molar-refractivity contribution in [1.29, 1.82) is 0 Å². The molecule has 0 rings (SSSR count). The molecule has 6 nitrogen and oxygen atoms in total. The topological polar surface area (TPSA) is 78.9 Å². The van der Waals surface area contributed by atoms with Crippen LogP contribution in [0, 0.1) is 5.92 Å². The van der Waals surface area contributed by atoms with Crippen molar-refractivity contribution < 1.29 is 19.4 Å². The van der Waals surface area contributed by atoms with Crippen LogP contribution in [0.25, 0.3) is 0 Å². The molecule has 0 aliphatic heterocycles. The first-order valence-corrected chi connectivity index (χ1v) is 6.29. The molecule has 0 aromatic rings. The maximum atomic E-state index is 12.1. The number of nitrogens with zero attached hydrogens (tertiary/aromatic N) is 1. The highest BCUT2D eigenvalue weighted by Gasteiger charge is 2.21. The van der Waals surface area contributed by atoms with Crippen molar-refractivity contribution in [3.8, 4) is 0 Å². The number of carboxylic acid groups (broad SMARTS) is 1. The van der Waals surface area contributed by atoms with Gasteiger partial charge in [-0.15, -0.1) is 6.58 Å². The Kier molecular flexibility index (Phi) is 8.61. The van der Waals surface area contributed by atoms with Gasteiger partial charge in [0, 0.05) is 26.2 Å². The summed E-state index contributed by atoms with van der Waals surface area (Å²) in [4.78, 5) is 24.4. The number of carbonyl (C=O) groups is 2. The molecule has 19 heavy (non-hydrogen) atoms. The van der Waals surface area contributed by atoms with E-state index in [1.165, 1.54) is 4.90 Å². The number of hydrogen-bond donors (Lipinski definition) is 2. The second-order valence-electron chi connectivity index (χ2n) is 4.63. The summed E-state index contributed by atoms with van der Waals surface area (Å²) in [5.41, 5.74) is 0. The predicted molar refractivity (Wildman–Crippen MR) is 73.1 cm³/mol. The van der Waals surface area contributed by atoms with Crippen molar-refractivity contribution in [1.82, 2.24) is 10.2 Å². The average molecular weight is 272 g/mol. The lowest BCUT2D eigenvalue weighted by atomic mass is 10.0. The van der Waals surface area contributed by atoms with Crippen LogP contribution in [0.5, 0.6) is 0 Å². The van der Waals surface area contributed by atoms with Gasteiger partial charge in [-0.05, 0) is 5.92 Å². The zero-order valence-corrected chi connectivity index (χ0v) is 11.9. The molecule has 1 atom stereocenters. The van der Waals surface area contributed by atoms with Gasteiger partial charge in [0.2, 0.25) is 0 Å². The third-order valence-corrected chi connectivity index (χ3v) is 2.71. The van der Waals surface area contributed by atoms with E-state index in [4.69, 9.17) is 9.84 Å². The third kappa shape index (κ3) is 7.46. The molecular weight excluding hydrogens is 248 g/mol. The van der Waals surface area contributed by atoms with E-state index >= 15 is 0 Å². The molecule has 0 saturated carbocycles. The second kappa shape index (κ2) is 9.38. The number of rotatable bonds is 9. The SMILES string of the molecule is C=CCN(CCOC)C(=O)NC(CC(=O)O)C(C)C. The quantitative estimate of drug-likeness (QED) is 0.621. The Morgan fingerprint density at radius 1 is 1.47 bits per heavy atom. The zero-order chi connectivity index (χ0) is 14.8. The summed E-state index contributed by atoms with van der Waals surface area (Å²) < 4.78 is 4.94. The molecule has 0 fully saturated rings. The van der Waals surface area contributed by atoms with Crippen LogP contribution < -0.4 is 5.32 Å². The summed E-state index contributed by atoms with van der Waals surface area (Å²) in [5.74, 6) is -0.876. The van der Waals surface area contributed by atoms with E-state index in [1.54, 1.807) is 13.2 Å². The highest BCUT2D eigenvalue weighted by molar-refractivity contribution is 5.76. The fraction of sp³-hybridized carbons (Fsp3) is 0.692. The number of urea groups is 1. The Morgan fingerprint density at radius 2 is 2.11 bits per heavy atom. The summed E-state index contributed by atoms with van der Waals surface area (Å²) in [6.07, 6.45) is 1.53. The molecule has 2 amide bonds. The zero-order valence-electron chi connectivity index (χ0n) is 11.9. The number of hydrogen-bond acceptors (Lipinski definition) is 3. The van der Waals surface area contributed by atoms with Crippen molar-refractivity contribution in [2.24, 2.45) is 5.92 Å². The van der Waals surface area contributed by atoms with Crippen LogP contribution in [0.2, 0.25) is 0 Å². The lowest BCUT2D eigenvalue weighted by Gasteiger charge is -2.26. The molecule has 2 N–H and O–H groups in total. The minimum atomic E-state index is -0.925. The Morgan fingerprint density at radius 3 is 2.53 bits per heavy atom. The van der Waals surface area contributed by atoms with Crippen molar-refractivity contribution in [2.75, 3.05) is 26.8 Å². The molecule has 0 bridgehead atoms. The summed E-state index contributed by atoms with van der Waals surface area (Å²) >= 11 is 0. The molecule has 110 valence electrons. The fourth-order valence-corrected chi connectivity index (χ4v) is 1.52. The van der Waals surface area contributed by atoms with E-state index in [2.05, 4.69) is 11.9 Å². The molecule has 0 heterocycles. The minimum absolute atomic E-state index is 0.0491. The van der Waals surface area contributed by atoms with E-state index < -0.39 is 5.97 Å². The Hall–Kier alpha value is -1.56. The molecule has 0 spiro atoms. The number of aliphatic carboxylic acids is 1. The molecule has 0 aliphatic carbocycles. The van der Waals surface area contributed by atoms with Gasteiger partial charge in [-0.1, -0.05) is 19.9 Å². The van der Waals surface area contributed by atoms with Crippen LogP contribution in [-0.4, -0.2) is 54.9 Å². The summed E-state index contributed by atoms with van der Waals surface area (Å²) in [6, 6.07) is -0.684. The number of nitrogens with one attached hydrogen (secondary N) is 1. The van der Waals surface area contributed by atoms with Crippen LogP contribution in [0.1, 0.15) is 20.3 Å². The lowest BCUT2D eigenvalue weighted by Crippen LogP contribution is -2.48. The van der Waals surface area contributed by atoms with E-state index in [0.717, 1.165) is 0 Å². The molecule has 6 heteroatoms. The van der Waals surface area contributed by atoms with E-state index in [-0.39, 0.29) is 24.4 Å². The average Bonchev–Trinajstić information content (AvgIpc) is 2.32.